The third-order valence-electron chi connectivity index (χ3n) is 6.74. The van der Waals surface area contributed by atoms with Crippen molar-refractivity contribution in [2.75, 3.05) is 19.9 Å². The van der Waals surface area contributed by atoms with Crippen LogP contribution in [0.4, 0.5) is 0 Å². The van der Waals surface area contributed by atoms with Crippen LogP contribution in [0.5, 0.6) is 0 Å². The van der Waals surface area contributed by atoms with E-state index in [0.29, 0.717) is 10.2 Å². The van der Waals surface area contributed by atoms with Crippen molar-refractivity contribution in [2.45, 2.75) is 61.4 Å². The first-order valence-corrected chi connectivity index (χ1v) is 16.7. The fraction of sp³-hybridized carbons (Fsp3) is 0.423. The average Bonchev–Trinajstić information content (AvgIpc) is 3.24. The number of carbonyl (C=O) groups is 2. The molecule has 210 valence electrons. The fourth-order valence-electron chi connectivity index (χ4n) is 4.59. The molecule has 0 spiro atoms. The Morgan fingerprint density at radius 3 is 2.28 bits per heavy atom. The van der Waals surface area contributed by atoms with Crippen molar-refractivity contribution in [1.29, 1.82) is 0 Å². The van der Waals surface area contributed by atoms with Gasteiger partial charge in [0, 0.05) is 24.9 Å². The minimum Gasteiger partial charge on any atom is -0.465 e. The maximum Gasteiger partial charge on any atom is 0.326 e. The van der Waals surface area contributed by atoms with Gasteiger partial charge >= 0.3 is 5.97 Å². The number of amides is 1. The maximum absolute atomic E-state index is 13.1. The van der Waals surface area contributed by atoms with Crippen LogP contribution in [-0.2, 0) is 35.9 Å². The number of hydrogen-bond donors (Lipinski definition) is 0. The molecule has 1 heterocycles. The Hall–Kier alpha value is -2.87. The summed E-state index contributed by atoms with van der Waals surface area (Å²) in [7, 11) is -5.58. The summed E-state index contributed by atoms with van der Waals surface area (Å²) in [5, 5.41) is 0. The molecule has 3 aromatic rings. The van der Waals surface area contributed by atoms with Crippen molar-refractivity contribution in [2.24, 2.45) is 4.99 Å². The van der Waals surface area contributed by atoms with Crippen molar-refractivity contribution in [1.82, 2.24) is 8.87 Å². The Balaban J connectivity index is 1.68. The van der Waals surface area contributed by atoms with E-state index >= 15 is 0 Å². The molecule has 10 nitrogen and oxygen atoms in total. The van der Waals surface area contributed by atoms with Gasteiger partial charge in [-0.2, -0.15) is 9.30 Å². The van der Waals surface area contributed by atoms with Crippen LogP contribution >= 0.6 is 11.3 Å². The molecule has 4 rings (SSSR count). The Kier molecular flexibility index (Phi) is 8.74. The second-order valence-corrected chi connectivity index (χ2v) is 14.5. The summed E-state index contributed by atoms with van der Waals surface area (Å²) in [6, 6.07) is 10.1. The molecule has 1 aliphatic carbocycles. The molecule has 0 saturated heterocycles. The van der Waals surface area contributed by atoms with E-state index in [1.54, 1.807) is 20.0 Å². The van der Waals surface area contributed by atoms with Gasteiger partial charge < -0.3 is 9.30 Å². The largest absolute Gasteiger partial charge is 0.465 e. The van der Waals surface area contributed by atoms with E-state index in [1.807, 2.05) is 0 Å². The van der Waals surface area contributed by atoms with E-state index in [1.165, 1.54) is 45.3 Å². The lowest BCUT2D eigenvalue weighted by Crippen LogP contribution is -2.38. The van der Waals surface area contributed by atoms with Crippen LogP contribution in [0.1, 0.15) is 49.4 Å². The number of hydrogen-bond acceptors (Lipinski definition) is 8. The average molecular weight is 594 g/mol. The molecule has 1 saturated carbocycles. The number of aromatic nitrogens is 1. The van der Waals surface area contributed by atoms with Crippen molar-refractivity contribution in [3.63, 3.8) is 0 Å². The molecule has 0 bridgehead atoms. The summed E-state index contributed by atoms with van der Waals surface area (Å²) in [4.78, 5) is 29.9. The number of ether oxygens (including phenoxy) is 1. The molecule has 0 atom stereocenters. The summed E-state index contributed by atoms with van der Waals surface area (Å²) in [6.45, 7) is 1.64. The van der Waals surface area contributed by atoms with Crippen molar-refractivity contribution < 1.29 is 31.2 Å². The number of rotatable bonds is 8. The fourth-order valence-corrected chi connectivity index (χ4v) is 7.79. The quantitative estimate of drug-likeness (QED) is 0.366. The lowest BCUT2D eigenvalue weighted by atomic mass is 9.96. The summed E-state index contributed by atoms with van der Waals surface area (Å²) < 4.78 is 58.8. The van der Waals surface area contributed by atoms with Gasteiger partial charge in [-0.3, -0.25) is 9.59 Å². The molecule has 1 fully saturated rings. The van der Waals surface area contributed by atoms with Gasteiger partial charge in [0.05, 0.1) is 26.6 Å². The van der Waals surface area contributed by atoms with Crippen LogP contribution in [0, 0.1) is 0 Å². The number of sulfonamides is 1. The highest BCUT2D eigenvalue weighted by atomic mass is 32.2. The highest BCUT2D eigenvalue weighted by Crippen LogP contribution is 2.27. The Morgan fingerprint density at radius 2 is 1.67 bits per heavy atom. The number of nitrogens with zero attached hydrogens (tertiary/aromatic N) is 3. The monoisotopic (exact) mass is 593 g/mol. The summed E-state index contributed by atoms with van der Waals surface area (Å²) >= 11 is 1.07. The van der Waals surface area contributed by atoms with Crippen LogP contribution in [-0.4, -0.2) is 63.5 Å². The van der Waals surface area contributed by atoms with E-state index in [0.717, 1.165) is 49.7 Å². The Labute approximate surface area is 231 Å². The van der Waals surface area contributed by atoms with Crippen molar-refractivity contribution in [3.05, 3.63) is 52.8 Å². The summed E-state index contributed by atoms with van der Waals surface area (Å²) in [5.74, 6) is -1.16. The molecule has 1 aromatic heterocycles. The summed E-state index contributed by atoms with van der Waals surface area (Å²) in [5.41, 5.74) is 0.699. The molecule has 1 amide bonds. The second kappa shape index (κ2) is 11.7. The van der Waals surface area contributed by atoms with Gasteiger partial charge in [-0.05, 0) is 62.2 Å². The van der Waals surface area contributed by atoms with Gasteiger partial charge in [-0.25, -0.2) is 16.8 Å². The molecular formula is C26H31N3O7S3. The number of benzene rings is 2. The van der Waals surface area contributed by atoms with Crippen LogP contribution < -0.4 is 4.80 Å². The van der Waals surface area contributed by atoms with E-state index in [-0.39, 0.29) is 39.3 Å². The molecule has 0 N–H and O–H groups in total. The zero-order chi connectivity index (χ0) is 28.4. The SMILES string of the molecule is CCOC(=O)Cn1c(=NC(=O)c2ccc(S(=O)(=O)N(C)C3CCCCC3)cc2)sc2cc(S(C)(=O)=O)ccc21. The zero-order valence-electron chi connectivity index (χ0n) is 22.0. The van der Waals surface area contributed by atoms with Crippen molar-refractivity contribution in [3.8, 4) is 0 Å². The van der Waals surface area contributed by atoms with Gasteiger partial charge in [0.2, 0.25) is 10.0 Å². The highest BCUT2D eigenvalue weighted by molar-refractivity contribution is 7.90. The number of fused-ring (bicyclic) bond motifs is 1. The topological polar surface area (TPSA) is 132 Å². The second-order valence-electron chi connectivity index (χ2n) is 9.43. The number of esters is 1. The zero-order valence-corrected chi connectivity index (χ0v) is 24.4. The number of thiazole rings is 1. The Bertz CT molecular complexity index is 1670. The van der Waals surface area contributed by atoms with Crippen LogP contribution in [0.15, 0.2) is 57.2 Å². The number of carbonyl (C=O) groups excluding carboxylic acids is 2. The van der Waals surface area contributed by atoms with Crippen molar-refractivity contribution >= 4 is 53.3 Å². The predicted octanol–water partition coefficient (Wildman–Crippen LogP) is 3.36. The Morgan fingerprint density at radius 1 is 1.03 bits per heavy atom. The molecule has 0 radical (unpaired) electrons. The molecule has 2 aromatic carbocycles. The normalized spacial score (nSPS) is 15.6. The maximum atomic E-state index is 13.1. The highest BCUT2D eigenvalue weighted by Gasteiger charge is 2.29. The van der Waals surface area contributed by atoms with Crippen LogP contribution in [0.3, 0.4) is 0 Å². The van der Waals surface area contributed by atoms with E-state index in [2.05, 4.69) is 4.99 Å². The lowest BCUT2D eigenvalue weighted by Gasteiger charge is -2.30. The van der Waals surface area contributed by atoms with Gasteiger partial charge in [-0.15, -0.1) is 0 Å². The molecule has 1 aliphatic rings. The minimum atomic E-state index is -3.71. The van der Waals surface area contributed by atoms with E-state index in [9.17, 15) is 26.4 Å². The van der Waals surface area contributed by atoms with E-state index < -0.39 is 31.7 Å². The molecule has 39 heavy (non-hydrogen) atoms. The van der Waals surface area contributed by atoms with Gasteiger partial charge in [-0.1, -0.05) is 30.6 Å². The van der Waals surface area contributed by atoms with Gasteiger partial charge in [0.25, 0.3) is 5.91 Å². The summed E-state index contributed by atoms with van der Waals surface area (Å²) in [6.07, 6.45) is 5.88. The first-order chi connectivity index (χ1) is 18.4. The third kappa shape index (κ3) is 6.48. The first-order valence-electron chi connectivity index (χ1n) is 12.6. The molecule has 0 unspecified atom stereocenters. The van der Waals surface area contributed by atoms with Crippen LogP contribution in [0.25, 0.3) is 10.2 Å². The van der Waals surface area contributed by atoms with Gasteiger partial charge in [0.1, 0.15) is 6.54 Å². The number of sulfone groups is 1. The smallest absolute Gasteiger partial charge is 0.326 e. The molecule has 13 heteroatoms. The van der Waals surface area contributed by atoms with Gasteiger partial charge in [0.15, 0.2) is 14.6 Å². The minimum absolute atomic E-state index is 0.0360. The molecule has 0 aliphatic heterocycles. The first kappa shape index (κ1) is 29.1. The predicted molar refractivity (Wildman–Crippen MR) is 148 cm³/mol. The standard InChI is InChI=1S/C26H31N3O7S3/c1-4-36-24(30)17-29-22-15-14-21(38(3,32)33)16-23(22)37-26(29)27-25(31)18-10-12-20(13-11-18)39(34,35)28(2)19-8-6-5-7-9-19/h10-16,19H,4-9,17H2,1-3H3. The molecular weight excluding hydrogens is 563 g/mol. The van der Waals surface area contributed by atoms with Crippen LogP contribution in [0.2, 0.25) is 0 Å². The third-order valence-corrected chi connectivity index (χ3v) is 10.8. The lowest BCUT2D eigenvalue weighted by molar-refractivity contribution is -0.143. The van der Waals surface area contributed by atoms with E-state index in [4.69, 9.17) is 4.74 Å².